The fraction of sp³-hybridized carbons (Fsp3) is 0.100. The maximum Gasteiger partial charge on any atom is 0.132 e. The lowest BCUT2D eigenvalue weighted by atomic mass is 10.1. The van der Waals surface area contributed by atoms with Crippen molar-refractivity contribution in [3.63, 3.8) is 0 Å². The van der Waals surface area contributed by atoms with Crippen LogP contribution in [0.2, 0.25) is 0 Å². The lowest BCUT2D eigenvalue weighted by Crippen LogP contribution is -2.01. The molecule has 0 spiro atoms. The fourth-order valence-corrected chi connectivity index (χ4v) is 1.91. The molecule has 0 atom stereocenters. The molecule has 2 nitrogen and oxygen atoms in total. The van der Waals surface area contributed by atoms with E-state index in [1.54, 1.807) is 18.3 Å². The summed E-state index contributed by atoms with van der Waals surface area (Å²) < 4.78 is 14.4. The molecule has 2 N–H and O–H groups in total. The zero-order valence-corrected chi connectivity index (χ0v) is 8.88. The van der Waals surface area contributed by atoms with Gasteiger partial charge in [-0.05, 0) is 18.2 Å². The van der Waals surface area contributed by atoms with Crippen LogP contribution in [0, 0.1) is 5.82 Å². The van der Waals surface area contributed by atoms with Crippen LogP contribution in [0.15, 0.2) is 28.9 Å². The minimum absolute atomic E-state index is 0.241. The van der Waals surface area contributed by atoms with Gasteiger partial charge in [0.2, 0.25) is 0 Å². The van der Waals surface area contributed by atoms with Gasteiger partial charge in [-0.2, -0.15) is 0 Å². The topological polar surface area (TPSA) is 38.9 Å². The number of aromatic nitrogens is 1. The number of rotatable bonds is 1. The molecular formula is C10H8BrFN2. The molecule has 0 unspecified atom stereocenters. The van der Waals surface area contributed by atoms with Crippen LogP contribution in [-0.4, -0.2) is 4.98 Å². The second-order valence-electron chi connectivity index (χ2n) is 2.91. The maximum atomic E-state index is 13.5. The molecule has 0 aliphatic rings. The molecule has 0 saturated carbocycles. The highest BCUT2D eigenvalue weighted by molar-refractivity contribution is 9.10. The van der Waals surface area contributed by atoms with E-state index in [2.05, 4.69) is 20.9 Å². The zero-order valence-electron chi connectivity index (χ0n) is 7.30. The van der Waals surface area contributed by atoms with Crippen molar-refractivity contribution in [3.05, 3.63) is 40.4 Å². The molecule has 2 rings (SSSR count). The SMILES string of the molecule is NCc1nccc2c(Br)ccc(F)c12. The molecule has 0 aliphatic carbocycles. The van der Waals surface area contributed by atoms with E-state index >= 15 is 0 Å². The molecule has 1 heterocycles. The molecule has 0 aliphatic heterocycles. The predicted octanol–water partition coefficient (Wildman–Crippen LogP) is 2.60. The van der Waals surface area contributed by atoms with Gasteiger partial charge >= 0.3 is 0 Å². The normalized spacial score (nSPS) is 10.8. The first-order chi connectivity index (χ1) is 6.74. The molecule has 1 aromatic carbocycles. The molecule has 72 valence electrons. The van der Waals surface area contributed by atoms with Crippen LogP contribution in [0.1, 0.15) is 5.69 Å². The summed E-state index contributed by atoms with van der Waals surface area (Å²) in [6.45, 7) is 0.241. The highest BCUT2D eigenvalue weighted by Gasteiger charge is 2.08. The third-order valence-electron chi connectivity index (χ3n) is 2.09. The predicted molar refractivity (Wildman–Crippen MR) is 57.3 cm³/mol. The average Bonchev–Trinajstić information content (AvgIpc) is 2.23. The number of nitrogens with zero attached hydrogens (tertiary/aromatic N) is 1. The van der Waals surface area contributed by atoms with Crippen LogP contribution < -0.4 is 5.73 Å². The number of halogens is 2. The van der Waals surface area contributed by atoms with E-state index < -0.39 is 0 Å². The van der Waals surface area contributed by atoms with Crippen LogP contribution in [0.5, 0.6) is 0 Å². The van der Waals surface area contributed by atoms with Gasteiger partial charge in [0.05, 0.1) is 5.69 Å². The van der Waals surface area contributed by atoms with Crippen LogP contribution in [0.3, 0.4) is 0 Å². The maximum absolute atomic E-state index is 13.5. The smallest absolute Gasteiger partial charge is 0.132 e. The van der Waals surface area contributed by atoms with Gasteiger partial charge in [-0.3, -0.25) is 4.98 Å². The molecule has 0 bridgehead atoms. The van der Waals surface area contributed by atoms with Gasteiger partial charge in [0, 0.05) is 28.0 Å². The largest absolute Gasteiger partial charge is 0.325 e. The van der Waals surface area contributed by atoms with Crippen molar-refractivity contribution >= 4 is 26.7 Å². The van der Waals surface area contributed by atoms with Crippen molar-refractivity contribution in [1.29, 1.82) is 0 Å². The van der Waals surface area contributed by atoms with Crippen LogP contribution >= 0.6 is 15.9 Å². The minimum Gasteiger partial charge on any atom is -0.325 e. The number of nitrogens with two attached hydrogens (primary N) is 1. The first kappa shape index (κ1) is 9.55. The van der Waals surface area contributed by atoms with Gasteiger partial charge in [0.25, 0.3) is 0 Å². The summed E-state index contributed by atoms with van der Waals surface area (Å²) in [6, 6.07) is 4.85. The molecule has 14 heavy (non-hydrogen) atoms. The number of fused-ring (bicyclic) bond motifs is 1. The molecule has 0 saturated heterocycles. The minimum atomic E-state index is -0.281. The Morgan fingerprint density at radius 2 is 2.14 bits per heavy atom. The van der Waals surface area contributed by atoms with Crippen molar-refractivity contribution in [3.8, 4) is 0 Å². The van der Waals surface area contributed by atoms with E-state index in [0.717, 1.165) is 9.86 Å². The van der Waals surface area contributed by atoms with Gasteiger partial charge in [0.15, 0.2) is 0 Å². The van der Waals surface area contributed by atoms with E-state index in [1.807, 2.05) is 0 Å². The first-order valence-electron chi connectivity index (χ1n) is 4.15. The number of hydrogen-bond acceptors (Lipinski definition) is 2. The van der Waals surface area contributed by atoms with Gasteiger partial charge < -0.3 is 5.73 Å². The summed E-state index contributed by atoms with van der Waals surface area (Å²) in [5, 5.41) is 1.31. The lowest BCUT2D eigenvalue weighted by Gasteiger charge is -2.05. The Morgan fingerprint density at radius 1 is 1.36 bits per heavy atom. The molecular weight excluding hydrogens is 247 g/mol. The second kappa shape index (κ2) is 3.63. The quantitative estimate of drug-likeness (QED) is 0.850. The van der Waals surface area contributed by atoms with E-state index in [4.69, 9.17) is 5.73 Å². The van der Waals surface area contributed by atoms with E-state index in [1.165, 1.54) is 6.07 Å². The van der Waals surface area contributed by atoms with E-state index in [0.29, 0.717) is 11.1 Å². The van der Waals surface area contributed by atoms with Gasteiger partial charge in [0.1, 0.15) is 5.82 Å². The third kappa shape index (κ3) is 1.40. The molecule has 2 aromatic rings. The molecule has 0 fully saturated rings. The number of hydrogen-bond donors (Lipinski definition) is 1. The second-order valence-corrected chi connectivity index (χ2v) is 3.77. The van der Waals surface area contributed by atoms with Crippen LogP contribution in [-0.2, 0) is 6.54 Å². The third-order valence-corrected chi connectivity index (χ3v) is 2.79. The number of benzene rings is 1. The first-order valence-corrected chi connectivity index (χ1v) is 4.95. The summed E-state index contributed by atoms with van der Waals surface area (Å²) in [7, 11) is 0. The van der Waals surface area contributed by atoms with Crippen molar-refractivity contribution in [2.75, 3.05) is 0 Å². The Morgan fingerprint density at radius 3 is 2.86 bits per heavy atom. The Balaban J connectivity index is 2.92. The molecule has 0 amide bonds. The molecule has 1 aromatic heterocycles. The van der Waals surface area contributed by atoms with Crippen molar-refractivity contribution < 1.29 is 4.39 Å². The lowest BCUT2D eigenvalue weighted by molar-refractivity contribution is 0.637. The molecule has 4 heteroatoms. The van der Waals surface area contributed by atoms with Crippen molar-refractivity contribution in [1.82, 2.24) is 4.98 Å². The highest BCUT2D eigenvalue weighted by atomic mass is 79.9. The monoisotopic (exact) mass is 254 g/mol. The van der Waals surface area contributed by atoms with Crippen LogP contribution in [0.25, 0.3) is 10.8 Å². The van der Waals surface area contributed by atoms with Gasteiger partial charge in [-0.15, -0.1) is 0 Å². The van der Waals surface area contributed by atoms with Crippen molar-refractivity contribution in [2.45, 2.75) is 6.54 Å². The van der Waals surface area contributed by atoms with Gasteiger partial charge in [-0.1, -0.05) is 15.9 Å². The highest BCUT2D eigenvalue weighted by Crippen LogP contribution is 2.27. The summed E-state index contributed by atoms with van der Waals surface area (Å²) in [4.78, 5) is 4.04. The van der Waals surface area contributed by atoms with Crippen LogP contribution in [0.4, 0.5) is 4.39 Å². The summed E-state index contributed by atoms with van der Waals surface area (Å²) >= 11 is 3.36. The fourth-order valence-electron chi connectivity index (χ4n) is 1.44. The summed E-state index contributed by atoms with van der Waals surface area (Å²) in [6.07, 6.45) is 1.63. The Bertz CT molecular complexity index is 485. The zero-order chi connectivity index (χ0) is 10.1. The van der Waals surface area contributed by atoms with Crippen molar-refractivity contribution in [2.24, 2.45) is 5.73 Å². The molecule has 0 radical (unpaired) electrons. The summed E-state index contributed by atoms with van der Waals surface area (Å²) in [5.74, 6) is -0.281. The standard InChI is InChI=1S/C10H8BrFN2/c11-7-1-2-8(12)10-6(7)3-4-14-9(10)5-13/h1-4H,5,13H2. The Kier molecular flexibility index (Phi) is 2.48. The van der Waals surface area contributed by atoms with Gasteiger partial charge in [-0.25, -0.2) is 4.39 Å². The number of pyridine rings is 1. The average molecular weight is 255 g/mol. The van der Waals surface area contributed by atoms with E-state index in [9.17, 15) is 4.39 Å². The summed E-state index contributed by atoms with van der Waals surface area (Å²) in [5.41, 5.74) is 6.07. The Hall–Kier alpha value is -1.00. The Labute approximate surface area is 89.1 Å². The van der Waals surface area contributed by atoms with E-state index in [-0.39, 0.29) is 12.4 Å².